The summed E-state index contributed by atoms with van der Waals surface area (Å²) < 4.78 is 0. The standard InChI is InChI=1S/C8H10ClN3O2/c1-12(2)11-7-5(8(13)14)3-4-6(9)10-7/h3-4H,1-2H3,(H,10,11)(H,13,14). The van der Waals surface area contributed by atoms with Crippen LogP contribution in [0.25, 0.3) is 0 Å². The first-order chi connectivity index (χ1) is 6.50. The maximum absolute atomic E-state index is 10.8. The summed E-state index contributed by atoms with van der Waals surface area (Å²) in [6.45, 7) is 0. The van der Waals surface area contributed by atoms with Crippen LogP contribution in [0.2, 0.25) is 5.15 Å². The third-order valence-electron chi connectivity index (χ3n) is 1.42. The number of anilines is 1. The van der Waals surface area contributed by atoms with Crippen molar-refractivity contribution in [2.45, 2.75) is 0 Å². The van der Waals surface area contributed by atoms with Crippen LogP contribution in [0, 0.1) is 0 Å². The molecule has 0 amide bonds. The molecular weight excluding hydrogens is 206 g/mol. The molecule has 1 rings (SSSR count). The quantitative estimate of drug-likeness (QED) is 0.588. The van der Waals surface area contributed by atoms with Gasteiger partial charge in [0.2, 0.25) is 0 Å². The average molecular weight is 216 g/mol. The van der Waals surface area contributed by atoms with E-state index >= 15 is 0 Å². The molecule has 5 nitrogen and oxygen atoms in total. The number of hydrazine groups is 1. The zero-order chi connectivity index (χ0) is 10.7. The lowest BCUT2D eigenvalue weighted by Gasteiger charge is -2.14. The van der Waals surface area contributed by atoms with Gasteiger partial charge in [-0.15, -0.1) is 0 Å². The van der Waals surface area contributed by atoms with Crippen molar-refractivity contribution in [3.8, 4) is 0 Å². The first kappa shape index (κ1) is 10.7. The van der Waals surface area contributed by atoms with Gasteiger partial charge in [-0.3, -0.25) is 0 Å². The fraction of sp³-hybridized carbons (Fsp3) is 0.250. The molecule has 76 valence electrons. The number of rotatable bonds is 3. The van der Waals surface area contributed by atoms with Crippen LogP contribution in [0.15, 0.2) is 12.1 Å². The minimum atomic E-state index is -1.04. The van der Waals surface area contributed by atoms with Crippen molar-refractivity contribution in [1.82, 2.24) is 9.99 Å². The van der Waals surface area contributed by atoms with Crippen LogP contribution in [0.4, 0.5) is 5.82 Å². The number of aromatic carboxylic acids is 1. The van der Waals surface area contributed by atoms with Crippen molar-refractivity contribution in [1.29, 1.82) is 0 Å². The van der Waals surface area contributed by atoms with Gasteiger partial charge in [-0.05, 0) is 12.1 Å². The molecule has 2 N–H and O–H groups in total. The molecule has 0 saturated carbocycles. The van der Waals surface area contributed by atoms with Crippen LogP contribution in [-0.2, 0) is 0 Å². The monoisotopic (exact) mass is 215 g/mol. The molecule has 0 fully saturated rings. The Morgan fingerprint density at radius 3 is 2.71 bits per heavy atom. The van der Waals surface area contributed by atoms with Crippen LogP contribution < -0.4 is 5.43 Å². The fourth-order valence-corrected chi connectivity index (χ4v) is 1.05. The fourth-order valence-electron chi connectivity index (χ4n) is 0.905. The Balaban J connectivity index is 3.09. The lowest BCUT2D eigenvalue weighted by Crippen LogP contribution is -2.22. The van der Waals surface area contributed by atoms with Crippen molar-refractivity contribution in [2.75, 3.05) is 19.5 Å². The molecule has 14 heavy (non-hydrogen) atoms. The first-order valence-electron chi connectivity index (χ1n) is 3.84. The van der Waals surface area contributed by atoms with E-state index in [1.807, 2.05) is 0 Å². The van der Waals surface area contributed by atoms with E-state index in [4.69, 9.17) is 16.7 Å². The Hall–Kier alpha value is -1.33. The van der Waals surface area contributed by atoms with Gasteiger partial charge < -0.3 is 10.5 Å². The van der Waals surface area contributed by atoms with E-state index in [9.17, 15) is 4.79 Å². The van der Waals surface area contributed by atoms with Gasteiger partial charge in [0, 0.05) is 14.1 Å². The van der Waals surface area contributed by atoms with Crippen molar-refractivity contribution < 1.29 is 9.90 Å². The predicted molar refractivity (Wildman–Crippen MR) is 53.5 cm³/mol. The lowest BCUT2D eigenvalue weighted by molar-refractivity contribution is 0.0697. The summed E-state index contributed by atoms with van der Waals surface area (Å²) in [5, 5.41) is 10.7. The summed E-state index contributed by atoms with van der Waals surface area (Å²) in [6, 6.07) is 2.84. The third-order valence-corrected chi connectivity index (χ3v) is 1.63. The summed E-state index contributed by atoms with van der Waals surface area (Å²) in [5.74, 6) is -0.812. The number of aromatic nitrogens is 1. The molecule has 0 atom stereocenters. The summed E-state index contributed by atoms with van der Waals surface area (Å²) in [4.78, 5) is 14.6. The number of carbonyl (C=O) groups is 1. The van der Waals surface area contributed by atoms with Crippen molar-refractivity contribution in [2.24, 2.45) is 0 Å². The molecule has 0 aromatic carbocycles. The Morgan fingerprint density at radius 2 is 2.21 bits per heavy atom. The van der Waals surface area contributed by atoms with Gasteiger partial charge in [0.05, 0.1) is 0 Å². The smallest absolute Gasteiger partial charge is 0.339 e. The highest BCUT2D eigenvalue weighted by atomic mass is 35.5. The SMILES string of the molecule is CN(C)Nc1nc(Cl)ccc1C(=O)O. The Morgan fingerprint density at radius 1 is 1.57 bits per heavy atom. The summed E-state index contributed by atoms with van der Waals surface area (Å²) in [5.41, 5.74) is 2.84. The summed E-state index contributed by atoms with van der Waals surface area (Å²) >= 11 is 5.64. The van der Waals surface area contributed by atoms with E-state index < -0.39 is 5.97 Å². The number of nitrogens with one attached hydrogen (secondary N) is 1. The molecule has 1 heterocycles. The molecule has 0 spiro atoms. The molecule has 0 aliphatic rings. The van der Waals surface area contributed by atoms with Gasteiger partial charge in [-0.2, -0.15) is 0 Å². The highest BCUT2D eigenvalue weighted by Crippen LogP contribution is 2.16. The Bertz CT molecular complexity index is 354. The minimum absolute atomic E-state index is 0.0862. The highest BCUT2D eigenvalue weighted by Gasteiger charge is 2.11. The normalized spacial score (nSPS) is 10.3. The van der Waals surface area contributed by atoms with Crippen molar-refractivity contribution >= 4 is 23.4 Å². The maximum Gasteiger partial charge on any atom is 0.339 e. The predicted octanol–water partition coefficient (Wildman–Crippen LogP) is 1.32. The molecule has 0 bridgehead atoms. The second-order valence-electron chi connectivity index (χ2n) is 2.84. The average Bonchev–Trinajstić information content (AvgIpc) is 2.01. The first-order valence-corrected chi connectivity index (χ1v) is 4.22. The molecule has 0 saturated heterocycles. The summed E-state index contributed by atoms with van der Waals surface area (Å²) in [6.07, 6.45) is 0. The Labute approximate surface area is 86.3 Å². The molecule has 0 aliphatic carbocycles. The molecule has 0 unspecified atom stereocenters. The van der Waals surface area contributed by atoms with E-state index in [0.29, 0.717) is 0 Å². The number of hydrogen-bond acceptors (Lipinski definition) is 4. The second-order valence-corrected chi connectivity index (χ2v) is 3.23. The van der Waals surface area contributed by atoms with E-state index in [1.54, 1.807) is 19.1 Å². The van der Waals surface area contributed by atoms with E-state index in [0.717, 1.165) is 0 Å². The van der Waals surface area contributed by atoms with Gasteiger partial charge in [0.25, 0.3) is 0 Å². The number of carboxylic acids is 1. The highest BCUT2D eigenvalue weighted by molar-refractivity contribution is 6.29. The number of pyridine rings is 1. The van der Waals surface area contributed by atoms with E-state index in [1.165, 1.54) is 12.1 Å². The van der Waals surface area contributed by atoms with Crippen LogP contribution in [0.3, 0.4) is 0 Å². The van der Waals surface area contributed by atoms with Crippen LogP contribution >= 0.6 is 11.6 Å². The molecule has 1 aromatic heterocycles. The number of carboxylic acid groups (broad SMARTS) is 1. The minimum Gasteiger partial charge on any atom is -0.478 e. The summed E-state index contributed by atoms with van der Waals surface area (Å²) in [7, 11) is 3.46. The van der Waals surface area contributed by atoms with Crippen molar-refractivity contribution in [3.05, 3.63) is 22.8 Å². The molecule has 0 radical (unpaired) electrons. The topological polar surface area (TPSA) is 65.5 Å². The van der Waals surface area contributed by atoms with Crippen LogP contribution in [-0.4, -0.2) is 35.2 Å². The number of halogens is 1. The molecule has 1 aromatic rings. The maximum atomic E-state index is 10.8. The van der Waals surface area contributed by atoms with Gasteiger partial charge in [-0.25, -0.2) is 14.8 Å². The lowest BCUT2D eigenvalue weighted by atomic mass is 10.2. The molecule has 0 aliphatic heterocycles. The van der Waals surface area contributed by atoms with Gasteiger partial charge in [0.15, 0.2) is 5.82 Å². The van der Waals surface area contributed by atoms with E-state index in [2.05, 4.69) is 10.4 Å². The molecule has 6 heteroatoms. The largest absolute Gasteiger partial charge is 0.478 e. The number of nitrogens with zero attached hydrogens (tertiary/aromatic N) is 2. The zero-order valence-corrected chi connectivity index (χ0v) is 8.54. The zero-order valence-electron chi connectivity index (χ0n) is 7.78. The van der Waals surface area contributed by atoms with Gasteiger partial charge in [0.1, 0.15) is 10.7 Å². The van der Waals surface area contributed by atoms with Crippen LogP contribution in [0.1, 0.15) is 10.4 Å². The third kappa shape index (κ3) is 2.58. The van der Waals surface area contributed by atoms with Gasteiger partial charge >= 0.3 is 5.97 Å². The molecular formula is C8H10ClN3O2. The Kier molecular flexibility index (Phi) is 3.27. The van der Waals surface area contributed by atoms with Crippen molar-refractivity contribution in [3.63, 3.8) is 0 Å². The van der Waals surface area contributed by atoms with Crippen LogP contribution in [0.5, 0.6) is 0 Å². The van der Waals surface area contributed by atoms with E-state index in [-0.39, 0.29) is 16.5 Å². The van der Waals surface area contributed by atoms with Gasteiger partial charge in [-0.1, -0.05) is 11.6 Å². The second kappa shape index (κ2) is 4.26. The number of hydrogen-bond donors (Lipinski definition) is 2.